The van der Waals surface area contributed by atoms with Crippen LogP contribution in [0.3, 0.4) is 0 Å². The average molecular weight is 502 g/mol. The lowest BCUT2D eigenvalue weighted by Crippen LogP contribution is -2.40. The van der Waals surface area contributed by atoms with Gasteiger partial charge in [0.2, 0.25) is 0 Å². The van der Waals surface area contributed by atoms with Crippen LogP contribution in [0, 0.1) is 5.92 Å². The molecule has 0 saturated heterocycles. The summed E-state index contributed by atoms with van der Waals surface area (Å²) >= 11 is 5.88. The van der Waals surface area contributed by atoms with Crippen molar-refractivity contribution in [2.24, 2.45) is 11.7 Å². The van der Waals surface area contributed by atoms with Gasteiger partial charge in [0.15, 0.2) is 22.5 Å². The molecule has 2 heterocycles. The summed E-state index contributed by atoms with van der Waals surface area (Å²) in [5.74, 6) is 0.734. The molecule has 0 unspecified atom stereocenters. The lowest BCUT2D eigenvalue weighted by molar-refractivity contribution is -0.676. The highest BCUT2D eigenvalue weighted by atomic mass is 35.5. The Morgan fingerprint density at radius 1 is 1.29 bits per heavy atom. The first kappa shape index (κ1) is 26.4. The van der Waals surface area contributed by atoms with Crippen LogP contribution in [0.4, 0.5) is 5.82 Å². The Morgan fingerprint density at radius 3 is 2.66 bits per heavy atom. The highest BCUT2D eigenvalue weighted by Gasteiger charge is 2.26. The monoisotopic (exact) mass is 501 g/mol. The normalized spacial score (nSPS) is 11.3. The highest BCUT2D eigenvalue weighted by Crippen LogP contribution is 2.19. The summed E-state index contributed by atoms with van der Waals surface area (Å²) in [6.45, 7) is 11.4. The van der Waals surface area contributed by atoms with Gasteiger partial charge in [-0.05, 0) is 31.9 Å². The standard InChI is InChI=1S/C24H33ClN8O2/c1-5-32-17-8-7-16(24(35)31(10-9-26)14-15(3)4)11-18(17)33(6-2)20(32)13-29-23(34)21-22(27)28-12-19(25)30-21/h7-8,11-12,15H,5-6,9-10,13-14,26H2,1-4H3,(H2-,27,28,29,34)/p+1. The number of carbonyl (C=O) groups excluding carboxylic acids is 2. The van der Waals surface area contributed by atoms with Gasteiger partial charge in [0, 0.05) is 31.3 Å². The highest BCUT2D eigenvalue weighted by molar-refractivity contribution is 6.29. The number of nitrogens with two attached hydrogens (primary N) is 2. The predicted octanol–water partition coefficient (Wildman–Crippen LogP) is 1.98. The Bertz CT molecular complexity index is 1220. The number of rotatable bonds is 10. The molecule has 0 atom stereocenters. The van der Waals surface area contributed by atoms with Crippen molar-refractivity contribution in [3.8, 4) is 0 Å². The molecule has 188 valence electrons. The molecule has 1 aromatic carbocycles. The Labute approximate surface area is 210 Å². The van der Waals surface area contributed by atoms with Crippen molar-refractivity contribution < 1.29 is 14.2 Å². The molecule has 0 bridgehead atoms. The van der Waals surface area contributed by atoms with Gasteiger partial charge in [0.1, 0.15) is 11.7 Å². The molecule has 0 radical (unpaired) electrons. The quantitative estimate of drug-likeness (QED) is 0.363. The average Bonchev–Trinajstić information content (AvgIpc) is 3.14. The number of hydrogen-bond acceptors (Lipinski definition) is 6. The number of nitrogens with one attached hydrogen (secondary N) is 1. The van der Waals surface area contributed by atoms with E-state index in [1.54, 1.807) is 4.90 Å². The van der Waals surface area contributed by atoms with Gasteiger partial charge in [-0.3, -0.25) is 9.59 Å². The van der Waals surface area contributed by atoms with Gasteiger partial charge in [-0.25, -0.2) is 19.1 Å². The van der Waals surface area contributed by atoms with Gasteiger partial charge >= 0.3 is 0 Å². The number of nitrogen functional groups attached to an aromatic ring is 1. The molecule has 0 aliphatic rings. The Hall–Kier alpha value is -3.24. The van der Waals surface area contributed by atoms with Gasteiger partial charge in [-0.2, -0.15) is 0 Å². The first-order valence-corrected chi connectivity index (χ1v) is 12.2. The molecule has 5 N–H and O–H groups in total. The number of fused-ring (bicyclic) bond motifs is 1. The number of aromatic nitrogens is 4. The predicted molar refractivity (Wildman–Crippen MR) is 136 cm³/mol. The van der Waals surface area contributed by atoms with Gasteiger partial charge in [-0.15, -0.1) is 0 Å². The van der Waals surface area contributed by atoms with Crippen molar-refractivity contribution in [2.45, 2.75) is 47.3 Å². The maximum Gasteiger partial charge on any atom is 0.277 e. The van der Waals surface area contributed by atoms with Crippen LogP contribution in [-0.4, -0.2) is 50.9 Å². The molecule has 11 heteroatoms. The van der Waals surface area contributed by atoms with Crippen molar-refractivity contribution in [3.63, 3.8) is 0 Å². The summed E-state index contributed by atoms with van der Waals surface area (Å²) in [5, 5.41) is 2.97. The summed E-state index contributed by atoms with van der Waals surface area (Å²) in [6, 6.07) is 5.73. The fourth-order valence-corrected chi connectivity index (χ4v) is 4.40. The van der Waals surface area contributed by atoms with Gasteiger partial charge in [0.05, 0.1) is 19.3 Å². The van der Waals surface area contributed by atoms with Gasteiger partial charge in [-0.1, -0.05) is 25.4 Å². The summed E-state index contributed by atoms with van der Waals surface area (Å²) < 4.78 is 4.21. The summed E-state index contributed by atoms with van der Waals surface area (Å²) in [5.41, 5.74) is 14.1. The third-order valence-electron chi connectivity index (χ3n) is 5.72. The third-order valence-corrected chi connectivity index (χ3v) is 5.91. The first-order chi connectivity index (χ1) is 16.7. The molecule has 2 amide bonds. The molecular formula is C24H34ClN8O2+. The van der Waals surface area contributed by atoms with Crippen LogP contribution in [-0.2, 0) is 19.6 Å². The van der Waals surface area contributed by atoms with Crippen LogP contribution in [0.15, 0.2) is 24.4 Å². The maximum absolute atomic E-state index is 13.3. The number of anilines is 1. The molecule has 10 nitrogen and oxygen atoms in total. The van der Waals surface area contributed by atoms with Gasteiger partial charge in [0.25, 0.3) is 17.6 Å². The molecule has 2 aromatic heterocycles. The number of halogens is 1. The summed E-state index contributed by atoms with van der Waals surface area (Å²) in [6.07, 6.45) is 1.29. The first-order valence-electron chi connectivity index (χ1n) is 11.8. The lowest BCUT2D eigenvalue weighted by atomic mass is 10.1. The molecule has 3 aromatic rings. The number of benzene rings is 1. The maximum atomic E-state index is 13.3. The number of nitrogens with zero attached hydrogens (tertiary/aromatic N) is 5. The van der Waals surface area contributed by atoms with Crippen molar-refractivity contribution >= 4 is 40.3 Å². The SMILES string of the molecule is CCn1c(CNC(=O)c2nc(Cl)cnc2N)[n+](CC)c2ccc(C(=O)N(CCN)CC(C)C)cc21. The molecule has 0 aliphatic heterocycles. The summed E-state index contributed by atoms with van der Waals surface area (Å²) in [7, 11) is 0. The van der Waals surface area contributed by atoms with E-state index in [0.29, 0.717) is 44.2 Å². The minimum Gasteiger partial charge on any atom is -0.382 e. The minimum atomic E-state index is -0.463. The zero-order valence-electron chi connectivity index (χ0n) is 20.7. The number of amides is 2. The van der Waals surface area contributed by atoms with E-state index in [-0.39, 0.29) is 29.1 Å². The van der Waals surface area contributed by atoms with Crippen LogP contribution in [0.1, 0.15) is 54.4 Å². The van der Waals surface area contributed by atoms with E-state index in [1.165, 1.54) is 6.20 Å². The van der Waals surface area contributed by atoms with Crippen molar-refractivity contribution in [2.75, 3.05) is 25.4 Å². The van der Waals surface area contributed by atoms with E-state index in [2.05, 4.69) is 38.3 Å². The number of hydrogen-bond donors (Lipinski definition) is 3. The van der Waals surface area contributed by atoms with E-state index < -0.39 is 5.91 Å². The minimum absolute atomic E-state index is 0.0119. The Morgan fingerprint density at radius 2 is 2.03 bits per heavy atom. The van der Waals surface area contributed by atoms with E-state index in [0.717, 1.165) is 16.9 Å². The largest absolute Gasteiger partial charge is 0.382 e. The molecule has 0 fully saturated rings. The number of aryl methyl sites for hydroxylation is 2. The Balaban J connectivity index is 1.96. The molecule has 3 rings (SSSR count). The molecular weight excluding hydrogens is 468 g/mol. The Kier molecular flexibility index (Phi) is 8.63. The number of carbonyl (C=O) groups is 2. The molecule has 0 saturated carbocycles. The molecule has 0 aliphatic carbocycles. The second kappa shape index (κ2) is 11.5. The molecule has 35 heavy (non-hydrogen) atoms. The van der Waals surface area contributed by atoms with E-state index >= 15 is 0 Å². The zero-order chi connectivity index (χ0) is 25.7. The summed E-state index contributed by atoms with van der Waals surface area (Å²) in [4.78, 5) is 35.7. The molecule has 0 spiro atoms. The van der Waals surface area contributed by atoms with Crippen LogP contribution in [0.25, 0.3) is 11.0 Å². The van der Waals surface area contributed by atoms with E-state index in [4.69, 9.17) is 23.1 Å². The van der Waals surface area contributed by atoms with Crippen LogP contribution >= 0.6 is 11.6 Å². The lowest BCUT2D eigenvalue weighted by Gasteiger charge is -2.24. The smallest absolute Gasteiger partial charge is 0.277 e. The van der Waals surface area contributed by atoms with Crippen LogP contribution < -0.4 is 21.4 Å². The fourth-order valence-electron chi connectivity index (χ4n) is 4.26. The van der Waals surface area contributed by atoms with Gasteiger partial charge < -0.3 is 21.7 Å². The van der Waals surface area contributed by atoms with Crippen molar-refractivity contribution in [1.29, 1.82) is 0 Å². The zero-order valence-corrected chi connectivity index (χ0v) is 21.5. The van der Waals surface area contributed by atoms with Crippen LogP contribution in [0.2, 0.25) is 5.15 Å². The number of imidazole rings is 1. The topological polar surface area (TPSA) is 136 Å². The second-order valence-corrected chi connectivity index (χ2v) is 9.04. The second-order valence-electron chi connectivity index (χ2n) is 8.65. The van der Waals surface area contributed by atoms with Crippen molar-refractivity contribution in [1.82, 2.24) is 24.8 Å². The van der Waals surface area contributed by atoms with E-state index in [1.807, 2.05) is 32.0 Å². The fraction of sp³-hybridized carbons (Fsp3) is 0.458. The van der Waals surface area contributed by atoms with Crippen LogP contribution in [0.5, 0.6) is 0 Å². The van der Waals surface area contributed by atoms with E-state index in [9.17, 15) is 9.59 Å². The van der Waals surface area contributed by atoms with Crippen molar-refractivity contribution in [3.05, 3.63) is 46.6 Å². The third kappa shape index (κ3) is 5.71.